The molecule has 1 aliphatic heterocycles. The molecule has 0 spiro atoms. The van der Waals surface area contributed by atoms with E-state index in [0.29, 0.717) is 19.5 Å². The second-order valence-corrected chi connectivity index (χ2v) is 6.06. The predicted octanol–water partition coefficient (Wildman–Crippen LogP) is 2.38. The van der Waals surface area contributed by atoms with E-state index in [0.717, 1.165) is 8.66 Å². The topological polar surface area (TPSA) is 44.1 Å². The van der Waals surface area contributed by atoms with E-state index in [4.69, 9.17) is 5.26 Å². The second kappa shape index (κ2) is 4.33. The molecule has 1 aliphatic rings. The van der Waals surface area contributed by atoms with Gasteiger partial charge in [0.2, 0.25) is 5.91 Å². The minimum Gasteiger partial charge on any atom is -0.336 e. The predicted molar refractivity (Wildman–Crippen MR) is 61.2 cm³/mol. The quantitative estimate of drug-likeness (QED) is 0.837. The van der Waals surface area contributed by atoms with Crippen molar-refractivity contribution in [1.29, 1.82) is 5.26 Å². The maximum atomic E-state index is 11.5. The number of thiophene rings is 1. The molecule has 2 heterocycles. The SMILES string of the molecule is N#CC1CC(=O)N(Cc2ccc(Br)s2)C1. The van der Waals surface area contributed by atoms with Crippen LogP contribution in [0.1, 0.15) is 11.3 Å². The second-order valence-electron chi connectivity index (χ2n) is 3.51. The molecule has 0 bridgehead atoms. The molecule has 1 amide bonds. The van der Waals surface area contributed by atoms with E-state index in [1.807, 2.05) is 12.1 Å². The molecule has 1 saturated heterocycles. The third-order valence-electron chi connectivity index (χ3n) is 2.37. The minimum atomic E-state index is -0.124. The van der Waals surface area contributed by atoms with Crippen LogP contribution in [0.25, 0.3) is 0 Å². The van der Waals surface area contributed by atoms with E-state index in [1.54, 1.807) is 16.2 Å². The van der Waals surface area contributed by atoms with Crippen molar-refractivity contribution in [3.8, 4) is 6.07 Å². The number of amides is 1. The number of rotatable bonds is 2. The number of nitriles is 1. The average Bonchev–Trinajstić information content (AvgIpc) is 2.75. The zero-order valence-corrected chi connectivity index (χ0v) is 10.3. The van der Waals surface area contributed by atoms with Crippen molar-refractivity contribution < 1.29 is 4.79 Å². The van der Waals surface area contributed by atoms with Gasteiger partial charge in [-0.2, -0.15) is 5.26 Å². The lowest BCUT2D eigenvalue weighted by Gasteiger charge is -2.13. The van der Waals surface area contributed by atoms with Gasteiger partial charge in [0.25, 0.3) is 0 Å². The van der Waals surface area contributed by atoms with Gasteiger partial charge in [0.1, 0.15) is 0 Å². The molecule has 5 heteroatoms. The smallest absolute Gasteiger partial charge is 0.224 e. The van der Waals surface area contributed by atoms with E-state index in [2.05, 4.69) is 22.0 Å². The van der Waals surface area contributed by atoms with Crippen LogP contribution in [-0.2, 0) is 11.3 Å². The summed E-state index contributed by atoms with van der Waals surface area (Å²) in [6, 6.07) is 6.12. The van der Waals surface area contributed by atoms with Crippen molar-refractivity contribution in [3.63, 3.8) is 0 Å². The number of hydrogen-bond donors (Lipinski definition) is 0. The molecule has 0 aromatic carbocycles. The number of hydrogen-bond acceptors (Lipinski definition) is 3. The Morgan fingerprint density at radius 3 is 3.00 bits per heavy atom. The molecule has 3 nitrogen and oxygen atoms in total. The van der Waals surface area contributed by atoms with Crippen LogP contribution < -0.4 is 0 Å². The van der Waals surface area contributed by atoms with Gasteiger partial charge in [-0.3, -0.25) is 4.79 Å². The zero-order valence-electron chi connectivity index (χ0n) is 7.94. The van der Waals surface area contributed by atoms with Crippen molar-refractivity contribution in [2.24, 2.45) is 5.92 Å². The van der Waals surface area contributed by atoms with Crippen molar-refractivity contribution in [1.82, 2.24) is 4.90 Å². The number of nitrogens with zero attached hydrogens (tertiary/aromatic N) is 2. The Bertz CT molecular complexity index is 423. The van der Waals surface area contributed by atoms with Crippen LogP contribution in [0, 0.1) is 17.2 Å². The molecule has 1 atom stereocenters. The monoisotopic (exact) mass is 284 g/mol. The van der Waals surface area contributed by atoms with Gasteiger partial charge in [-0.05, 0) is 28.1 Å². The van der Waals surface area contributed by atoms with Crippen LogP contribution in [0.2, 0.25) is 0 Å². The third-order valence-corrected chi connectivity index (χ3v) is 3.98. The van der Waals surface area contributed by atoms with Gasteiger partial charge in [-0.25, -0.2) is 0 Å². The molecule has 78 valence electrons. The zero-order chi connectivity index (χ0) is 10.8. The lowest BCUT2D eigenvalue weighted by Crippen LogP contribution is -2.23. The number of carbonyl (C=O) groups excluding carboxylic acids is 1. The summed E-state index contributed by atoms with van der Waals surface area (Å²) < 4.78 is 1.07. The molecular weight excluding hydrogens is 276 g/mol. The number of halogens is 1. The molecule has 1 fully saturated rings. The highest BCUT2D eigenvalue weighted by Gasteiger charge is 2.29. The summed E-state index contributed by atoms with van der Waals surface area (Å²) in [5.74, 6) is -0.0352. The first-order valence-electron chi connectivity index (χ1n) is 4.60. The highest BCUT2D eigenvalue weighted by atomic mass is 79.9. The first-order chi connectivity index (χ1) is 7.19. The van der Waals surface area contributed by atoms with E-state index >= 15 is 0 Å². The lowest BCUT2D eigenvalue weighted by atomic mass is 10.1. The standard InChI is InChI=1S/C10H9BrN2OS/c11-9-2-1-8(15-9)6-13-5-7(4-12)3-10(13)14/h1-2,7H,3,5-6H2. The van der Waals surface area contributed by atoms with E-state index in [1.165, 1.54) is 0 Å². The largest absolute Gasteiger partial charge is 0.336 e. The molecule has 0 aliphatic carbocycles. The lowest BCUT2D eigenvalue weighted by molar-refractivity contribution is -0.128. The van der Waals surface area contributed by atoms with E-state index in [9.17, 15) is 4.79 Å². The summed E-state index contributed by atoms with van der Waals surface area (Å²) >= 11 is 5.01. The maximum absolute atomic E-state index is 11.5. The normalized spacial score (nSPS) is 20.7. The summed E-state index contributed by atoms with van der Waals surface area (Å²) in [6.07, 6.45) is 0.378. The van der Waals surface area contributed by atoms with Gasteiger partial charge in [-0.1, -0.05) is 0 Å². The number of carbonyl (C=O) groups is 1. The van der Waals surface area contributed by atoms with Gasteiger partial charge in [0.15, 0.2) is 0 Å². The summed E-state index contributed by atoms with van der Waals surface area (Å²) in [4.78, 5) is 14.4. The molecule has 1 unspecified atom stereocenters. The van der Waals surface area contributed by atoms with Crippen LogP contribution in [-0.4, -0.2) is 17.4 Å². The fraction of sp³-hybridized carbons (Fsp3) is 0.400. The molecule has 0 saturated carbocycles. The Morgan fingerprint density at radius 1 is 1.67 bits per heavy atom. The highest BCUT2D eigenvalue weighted by Crippen LogP contribution is 2.26. The van der Waals surface area contributed by atoms with Crippen molar-refractivity contribution in [2.45, 2.75) is 13.0 Å². The van der Waals surface area contributed by atoms with Crippen LogP contribution in [0.3, 0.4) is 0 Å². The fourth-order valence-electron chi connectivity index (χ4n) is 1.64. The molecular formula is C10H9BrN2OS. The average molecular weight is 285 g/mol. The number of likely N-dealkylation sites (tertiary alicyclic amines) is 1. The highest BCUT2D eigenvalue weighted by molar-refractivity contribution is 9.11. The first-order valence-corrected chi connectivity index (χ1v) is 6.21. The Hall–Kier alpha value is -0.860. The van der Waals surface area contributed by atoms with Gasteiger partial charge in [0, 0.05) is 17.8 Å². The molecule has 0 N–H and O–H groups in total. The van der Waals surface area contributed by atoms with Crippen LogP contribution in [0.5, 0.6) is 0 Å². The van der Waals surface area contributed by atoms with Gasteiger partial charge >= 0.3 is 0 Å². The van der Waals surface area contributed by atoms with Gasteiger partial charge in [-0.15, -0.1) is 11.3 Å². The first kappa shape index (κ1) is 10.7. The Morgan fingerprint density at radius 2 is 2.47 bits per heavy atom. The van der Waals surface area contributed by atoms with Gasteiger partial charge in [0.05, 0.1) is 22.3 Å². The molecule has 1 aromatic rings. The van der Waals surface area contributed by atoms with Crippen molar-refractivity contribution in [2.75, 3.05) is 6.54 Å². The summed E-state index contributed by atoms with van der Waals surface area (Å²) in [7, 11) is 0. The van der Waals surface area contributed by atoms with Crippen LogP contribution >= 0.6 is 27.3 Å². The van der Waals surface area contributed by atoms with Crippen molar-refractivity contribution >= 4 is 33.2 Å². The van der Waals surface area contributed by atoms with Crippen LogP contribution in [0.4, 0.5) is 0 Å². The maximum Gasteiger partial charge on any atom is 0.224 e. The molecule has 0 radical (unpaired) electrons. The van der Waals surface area contributed by atoms with Gasteiger partial charge < -0.3 is 4.90 Å². The fourth-order valence-corrected chi connectivity index (χ4v) is 3.14. The van der Waals surface area contributed by atoms with E-state index in [-0.39, 0.29) is 11.8 Å². The summed E-state index contributed by atoms with van der Waals surface area (Å²) in [6.45, 7) is 1.21. The molecule has 15 heavy (non-hydrogen) atoms. The minimum absolute atomic E-state index is 0.0890. The van der Waals surface area contributed by atoms with E-state index < -0.39 is 0 Å². The third kappa shape index (κ3) is 2.39. The Kier molecular flexibility index (Phi) is 3.08. The Balaban J connectivity index is 2.02. The van der Waals surface area contributed by atoms with Crippen molar-refractivity contribution in [3.05, 3.63) is 20.8 Å². The molecule has 2 rings (SSSR count). The molecule has 1 aromatic heterocycles. The Labute approximate surface area is 100 Å². The van der Waals surface area contributed by atoms with Crippen LogP contribution in [0.15, 0.2) is 15.9 Å². The summed E-state index contributed by atoms with van der Waals surface area (Å²) in [5.41, 5.74) is 0. The summed E-state index contributed by atoms with van der Waals surface area (Å²) in [5, 5.41) is 8.74.